The van der Waals surface area contributed by atoms with Crippen molar-refractivity contribution in [2.75, 3.05) is 13.1 Å². The van der Waals surface area contributed by atoms with Gasteiger partial charge in [0.1, 0.15) is 0 Å². The van der Waals surface area contributed by atoms with Crippen molar-refractivity contribution < 1.29 is 9.59 Å². The fourth-order valence-electron chi connectivity index (χ4n) is 3.85. The topological polar surface area (TPSA) is 49.4 Å². The molecular formula is C17H22N2O2. The molecule has 1 spiro atoms. The molecule has 3 rings (SSSR count). The molecule has 2 aliphatic rings. The molecule has 21 heavy (non-hydrogen) atoms. The molecule has 1 aromatic rings. The van der Waals surface area contributed by atoms with Gasteiger partial charge >= 0.3 is 0 Å². The van der Waals surface area contributed by atoms with Crippen molar-refractivity contribution in [3.05, 3.63) is 35.9 Å². The van der Waals surface area contributed by atoms with Gasteiger partial charge in [-0.1, -0.05) is 30.3 Å². The molecule has 112 valence electrons. The Balaban J connectivity index is 1.98. The molecule has 4 nitrogen and oxygen atoms in total. The number of carbonyl (C=O) groups excluding carboxylic acids is 2. The van der Waals surface area contributed by atoms with E-state index in [1.807, 2.05) is 30.3 Å². The second-order valence-corrected chi connectivity index (χ2v) is 6.61. The van der Waals surface area contributed by atoms with Gasteiger partial charge in [0.25, 0.3) is 0 Å². The van der Waals surface area contributed by atoms with E-state index in [0.717, 1.165) is 25.1 Å². The number of piperidine rings is 1. The van der Waals surface area contributed by atoms with E-state index < -0.39 is 0 Å². The van der Waals surface area contributed by atoms with Crippen LogP contribution in [0.5, 0.6) is 0 Å². The molecule has 2 amide bonds. The third kappa shape index (κ3) is 2.48. The molecule has 4 heteroatoms. The zero-order chi connectivity index (χ0) is 15.0. The number of imide groups is 1. The number of hydrogen-bond donors (Lipinski definition) is 1. The van der Waals surface area contributed by atoms with Crippen LogP contribution in [0.15, 0.2) is 30.3 Å². The van der Waals surface area contributed by atoms with Crippen LogP contribution in [0.2, 0.25) is 0 Å². The zero-order valence-electron chi connectivity index (χ0n) is 12.6. The first kappa shape index (κ1) is 14.3. The van der Waals surface area contributed by atoms with Crippen molar-refractivity contribution in [1.82, 2.24) is 10.2 Å². The molecule has 2 heterocycles. The summed E-state index contributed by atoms with van der Waals surface area (Å²) in [6.45, 7) is 6.12. The number of carbonyl (C=O) groups is 2. The highest BCUT2D eigenvalue weighted by Gasteiger charge is 2.52. The van der Waals surface area contributed by atoms with E-state index >= 15 is 0 Å². The summed E-state index contributed by atoms with van der Waals surface area (Å²) < 4.78 is 0. The Kier molecular flexibility index (Phi) is 3.57. The second kappa shape index (κ2) is 5.26. The molecule has 2 aliphatic heterocycles. The summed E-state index contributed by atoms with van der Waals surface area (Å²) >= 11 is 0. The highest BCUT2D eigenvalue weighted by Crippen LogP contribution is 2.48. The maximum Gasteiger partial charge on any atom is 0.234 e. The minimum atomic E-state index is -0.245. The van der Waals surface area contributed by atoms with Gasteiger partial charge in [-0.2, -0.15) is 0 Å². The summed E-state index contributed by atoms with van der Waals surface area (Å²) in [5.41, 5.74) is 0.776. The van der Waals surface area contributed by atoms with Crippen molar-refractivity contribution in [3.8, 4) is 0 Å². The Morgan fingerprint density at radius 3 is 2.57 bits per heavy atom. The first-order chi connectivity index (χ1) is 10.0. The molecular weight excluding hydrogens is 264 g/mol. The molecule has 0 saturated carbocycles. The highest BCUT2D eigenvalue weighted by molar-refractivity contribution is 6.02. The predicted molar refractivity (Wildman–Crippen MR) is 80.7 cm³/mol. The van der Waals surface area contributed by atoms with Crippen LogP contribution >= 0.6 is 0 Å². The smallest absolute Gasteiger partial charge is 0.234 e. The average Bonchev–Trinajstić information content (AvgIpc) is 2.83. The minimum absolute atomic E-state index is 0.127. The summed E-state index contributed by atoms with van der Waals surface area (Å²) in [7, 11) is 0. The fraction of sp³-hybridized carbons (Fsp3) is 0.529. The lowest BCUT2D eigenvalue weighted by Crippen LogP contribution is -2.52. The molecule has 0 aliphatic carbocycles. The number of amides is 2. The minimum Gasteiger partial charge on any atom is -0.300 e. The molecule has 1 N–H and O–H groups in total. The molecule has 1 aromatic carbocycles. The lowest BCUT2D eigenvalue weighted by atomic mass is 9.66. The van der Waals surface area contributed by atoms with Gasteiger partial charge in [0, 0.05) is 24.4 Å². The Labute approximate surface area is 125 Å². The second-order valence-electron chi connectivity index (χ2n) is 6.61. The van der Waals surface area contributed by atoms with Gasteiger partial charge in [0.15, 0.2) is 0 Å². The highest BCUT2D eigenvalue weighted by atomic mass is 16.2. The molecule has 2 saturated heterocycles. The number of rotatable bonds is 2. The van der Waals surface area contributed by atoms with E-state index in [1.165, 1.54) is 0 Å². The largest absolute Gasteiger partial charge is 0.300 e. The van der Waals surface area contributed by atoms with Gasteiger partial charge in [0.05, 0.1) is 5.92 Å². The van der Waals surface area contributed by atoms with E-state index in [1.54, 1.807) is 0 Å². The maximum atomic E-state index is 12.5. The summed E-state index contributed by atoms with van der Waals surface area (Å²) in [5, 5.41) is 2.53. The molecule has 2 fully saturated rings. The Morgan fingerprint density at radius 2 is 1.95 bits per heavy atom. The first-order valence-corrected chi connectivity index (χ1v) is 7.64. The van der Waals surface area contributed by atoms with Crippen LogP contribution in [0.4, 0.5) is 0 Å². The molecule has 2 unspecified atom stereocenters. The van der Waals surface area contributed by atoms with Crippen molar-refractivity contribution in [1.29, 1.82) is 0 Å². The van der Waals surface area contributed by atoms with Gasteiger partial charge in [-0.05, 0) is 32.4 Å². The zero-order valence-corrected chi connectivity index (χ0v) is 12.6. The number of nitrogens with zero attached hydrogens (tertiary/aromatic N) is 1. The van der Waals surface area contributed by atoms with Crippen LogP contribution in [-0.2, 0) is 9.59 Å². The average molecular weight is 286 g/mol. The van der Waals surface area contributed by atoms with Gasteiger partial charge in [-0.15, -0.1) is 0 Å². The van der Waals surface area contributed by atoms with Crippen LogP contribution in [0.3, 0.4) is 0 Å². The maximum absolute atomic E-state index is 12.5. The standard InChI is InChI=1S/C17H22N2O2/c1-12(2)19-9-8-17(11-19)10-14(20)18-16(21)15(17)13-6-4-3-5-7-13/h3-7,12,15H,8-11H2,1-2H3,(H,18,20,21). The van der Waals surface area contributed by atoms with E-state index in [0.29, 0.717) is 12.5 Å². The number of likely N-dealkylation sites (tertiary alicyclic amines) is 1. The van der Waals surface area contributed by atoms with Crippen LogP contribution in [0.1, 0.15) is 38.2 Å². The van der Waals surface area contributed by atoms with E-state index in [4.69, 9.17) is 0 Å². The normalized spacial score (nSPS) is 30.1. The van der Waals surface area contributed by atoms with Crippen molar-refractivity contribution in [2.45, 2.75) is 38.6 Å². The van der Waals surface area contributed by atoms with Gasteiger partial charge < -0.3 is 4.90 Å². The molecule has 2 atom stereocenters. The van der Waals surface area contributed by atoms with Crippen molar-refractivity contribution in [2.24, 2.45) is 5.41 Å². The van der Waals surface area contributed by atoms with Gasteiger partial charge in [-0.3, -0.25) is 14.9 Å². The first-order valence-electron chi connectivity index (χ1n) is 7.64. The summed E-state index contributed by atoms with van der Waals surface area (Å²) in [6, 6.07) is 10.3. The van der Waals surface area contributed by atoms with Crippen LogP contribution in [0.25, 0.3) is 0 Å². The van der Waals surface area contributed by atoms with Crippen LogP contribution in [-0.4, -0.2) is 35.8 Å². The lowest BCUT2D eigenvalue weighted by molar-refractivity contribution is -0.139. The molecule has 0 aromatic heterocycles. The summed E-state index contributed by atoms with van der Waals surface area (Å²) in [4.78, 5) is 26.8. The quantitative estimate of drug-likeness (QED) is 0.845. The van der Waals surface area contributed by atoms with Crippen LogP contribution < -0.4 is 5.32 Å². The summed E-state index contributed by atoms with van der Waals surface area (Å²) in [5.74, 6) is -0.485. The SMILES string of the molecule is CC(C)N1CCC2(CC(=O)NC(=O)C2c2ccccc2)C1. The Morgan fingerprint density at radius 1 is 1.24 bits per heavy atom. The summed E-state index contributed by atoms with van der Waals surface area (Å²) in [6.07, 6.45) is 1.35. The molecule has 0 bridgehead atoms. The van der Waals surface area contributed by atoms with Crippen LogP contribution in [0, 0.1) is 5.41 Å². The number of nitrogens with one attached hydrogen (secondary N) is 1. The van der Waals surface area contributed by atoms with E-state index in [-0.39, 0.29) is 23.1 Å². The predicted octanol–water partition coefficient (Wildman–Crippen LogP) is 1.92. The third-order valence-corrected chi connectivity index (χ3v) is 4.93. The Hall–Kier alpha value is -1.68. The van der Waals surface area contributed by atoms with Crippen molar-refractivity contribution >= 4 is 11.8 Å². The van der Waals surface area contributed by atoms with E-state index in [9.17, 15) is 9.59 Å². The van der Waals surface area contributed by atoms with Gasteiger partial charge in [0.2, 0.25) is 11.8 Å². The third-order valence-electron chi connectivity index (χ3n) is 4.93. The van der Waals surface area contributed by atoms with E-state index in [2.05, 4.69) is 24.1 Å². The monoisotopic (exact) mass is 286 g/mol. The Bertz CT molecular complexity index is 555. The number of benzene rings is 1. The fourth-order valence-corrected chi connectivity index (χ4v) is 3.85. The molecule has 0 radical (unpaired) electrons. The van der Waals surface area contributed by atoms with Gasteiger partial charge in [-0.25, -0.2) is 0 Å². The van der Waals surface area contributed by atoms with Crippen molar-refractivity contribution in [3.63, 3.8) is 0 Å². The lowest BCUT2D eigenvalue weighted by Gasteiger charge is -2.40. The number of hydrogen-bond acceptors (Lipinski definition) is 3.